The van der Waals surface area contributed by atoms with E-state index in [4.69, 9.17) is 4.74 Å². The van der Waals surface area contributed by atoms with Crippen LogP contribution in [0.1, 0.15) is 5.56 Å². The molecule has 0 bridgehead atoms. The van der Waals surface area contributed by atoms with E-state index in [9.17, 15) is 14.7 Å². The molecular formula is C17H18N2O4. The summed E-state index contributed by atoms with van der Waals surface area (Å²) in [5, 5.41) is 9.27. The molecule has 1 saturated heterocycles. The van der Waals surface area contributed by atoms with Crippen molar-refractivity contribution < 1.29 is 19.4 Å². The van der Waals surface area contributed by atoms with Crippen molar-refractivity contribution in [3.8, 4) is 5.75 Å². The molecule has 1 aromatic rings. The molecule has 1 atom stereocenters. The fourth-order valence-corrected chi connectivity index (χ4v) is 2.74. The second kappa shape index (κ2) is 6.26. The molecule has 0 aromatic heterocycles. The molecule has 2 aliphatic heterocycles. The average Bonchev–Trinajstić information content (AvgIpc) is 2.76. The molecule has 1 N–H and O–H groups in total. The first kappa shape index (κ1) is 15.3. The maximum Gasteiger partial charge on any atom is 0.322 e. The van der Waals surface area contributed by atoms with Crippen LogP contribution in [0, 0.1) is 0 Å². The summed E-state index contributed by atoms with van der Waals surface area (Å²) >= 11 is 0. The molecule has 0 radical (unpaired) electrons. The van der Waals surface area contributed by atoms with Crippen LogP contribution >= 0.6 is 0 Å². The summed E-state index contributed by atoms with van der Waals surface area (Å²) in [5.74, 6) is -0.404. The Hall–Kier alpha value is -2.60. The molecule has 6 nitrogen and oxygen atoms in total. The van der Waals surface area contributed by atoms with Gasteiger partial charge in [-0.15, -0.1) is 0 Å². The predicted molar refractivity (Wildman–Crippen MR) is 84.8 cm³/mol. The zero-order valence-corrected chi connectivity index (χ0v) is 12.8. The first-order valence-corrected chi connectivity index (χ1v) is 7.42. The largest absolute Gasteiger partial charge is 0.480 e. The maximum absolute atomic E-state index is 12.7. The van der Waals surface area contributed by atoms with Crippen LogP contribution in [0.2, 0.25) is 0 Å². The number of carboxylic acid groups (broad SMARTS) is 1. The lowest BCUT2D eigenvalue weighted by Gasteiger charge is -2.37. The quantitative estimate of drug-likeness (QED) is 0.888. The van der Waals surface area contributed by atoms with Gasteiger partial charge in [0.1, 0.15) is 11.8 Å². The van der Waals surface area contributed by atoms with Gasteiger partial charge < -0.3 is 14.7 Å². The Labute approximate surface area is 134 Å². The average molecular weight is 314 g/mol. The minimum absolute atomic E-state index is 0.179. The molecule has 120 valence electrons. The highest BCUT2D eigenvalue weighted by Gasteiger charge is 2.32. The number of nitrogens with zero attached hydrogens (tertiary/aromatic N) is 2. The Kier molecular flexibility index (Phi) is 4.16. The van der Waals surface area contributed by atoms with E-state index in [1.165, 1.54) is 6.26 Å². The van der Waals surface area contributed by atoms with Gasteiger partial charge in [-0.25, -0.2) is 0 Å². The number of fused-ring (bicyclic) bond motifs is 1. The van der Waals surface area contributed by atoms with Crippen LogP contribution in [0.15, 0.2) is 42.2 Å². The van der Waals surface area contributed by atoms with Crippen molar-refractivity contribution in [1.29, 1.82) is 0 Å². The molecule has 3 rings (SSSR count). The van der Waals surface area contributed by atoms with E-state index in [1.807, 2.05) is 24.3 Å². The van der Waals surface area contributed by atoms with Crippen LogP contribution in [0.25, 0.3) is 6.08 Å². The van der Waals surface area contributed by atoms with Gasteiger partial charge in [0, 0.05) is 30.8 Å². The first-order valence-electron chi connectivity index (χ1n) is 7.42. The zero-order chi connectivity index (χ0) is 16.4. The van der Waals surface area contributed by atoms with Crippen LogP contribution in [0.4, 0.5) is 0 Å². The molecule has 1 amide bonds. The summed E-state index contributed by atoms with van der Waals surface area (Å²) in [4.78, 5) is 27.4. The van der Waals surface area contributed by atoms with Gasteiger partial charge >= 0.3 is 5.97 Å². The highest BCUT2D eigenvalue weighted by Crippen LogP contribution is 2.25. The minimum atomic E-state index is -0.913. The normalized spacial score (nSPS) is 21.0. The third-order valence-corrected chi connectivity index (χ3v) is 4.14. The van der Waals surface area contributed by atoms with Gasteiger partial charge in [0.05, 0.1) is 6.26 Å². The summed E-state index contributed by atoms with van der Waals surface area (Å²) in [6.45, 7) is 1.22. The van der Waals surface area contributed by atoms with Gasteiger partial charge in [0.2, 0.25) is 0 Å². The number of likely N-dealkylation sites (N-methyl/N-ethyl adjacent to an activating group) is 1. The van der Waals surface area contributed by atoms with Gasteiger partial charge in [-0.2, -0.15) is 0 Å². The summed E-state index contributed by atoms with van der Waals surface area (Å²) in [6, 6.07) is 6.78. The Morgan fingerprint density at radius 1 is 1.26 bits per heavy atom. The van der Waals surface area contributed by atoms with E-state index in [0.29, 0.717) is 24.4 Å². The van der Waals surface area contributed by atoms with Crippen molar-refractivity contribution in [3.63, 3.8) is 0 Å². The number of aliphatic carboxylic acids is 1. The highest BCUT2D eigenvalue weighted by molar-refractivity contribution is 6.01. The lowest BCUT2D eigenvalue weighted by Crippen LogP contribution is -2.56. The molecule has 2 aliphatic rings. The van der Waals surface area contributed by atoms with Crippen LogP contribution in [-0.2, 0) is 9.59 Å². The van der Waals surface area contributed by atoms with Crippen LogP contribution in [0.5, 0.6) is 5.75 Å². The van der Waals surface area contributed by atoms with Crippen LogP contribution in [-0.4, -0.2) is 59.5 Å². The smallest absolute Gasteiger partial charge is 0.322 e. The SMILES string of the molecule is CN1CCN(C(=O)C2=Cc3ccccc3OC=C2)CC1C(=O)O. The third kappa shape index (κ3) is 3.12. The fourth-order valence-electron chi connectivity index (χ4n) is 2.74. The van der Waals surface area contributed by atoms with Gasteiger partial charge in [-0.05, 0) is 25.3 Å². The van der Waals surface area contributed by atoms with Crippen molar-refractivity contribution >= 4 is 18.0 Å². The highest BCUT2D eigenvalue weighted by atomic mass is 16.5. The van der Waals surface area contributed by atoms with Gasteiger partial charge in [-0.1, -0.05) is 18.2 Å². The second-order valence-electron chi connectivity index (χ2n) is 5.64. The summed E-state index contributed by atoms with van der Waals surface area (Å²) < 4.78 is 5.49. The Morgan fingerprint density at radius 3 is 2.83 bits per heavy atom. The standard InChI is InChI=1S/C17H18N2O4/c1-18-7-8-19(11-14(18)17(21)22)16(20)13-6-9-23-15-5-3-2-4-12(15)10-13/h2-6,9-10,14H,7-8,11H2,1H3,(H,21,22). The molecule has 0 aliphatic carbocycles. The monoisotopic (exact) mass is 314 g/mol. The number of carbonyl (C=O) groups is 2. The molecule has 0 saturated carbocycles. The molecule has 1 fully saturated rings. The number of benzene rings is 1. The Morgan fingerprint density at radius 2 is 2.04 bits per heavy atom. The van der Waals surface area contributed by atoms with Crippen molar-refractivity contribution in [3.05, 3.63) is 47.7 Å². The number of carbonyl (C=O) groups excluding carboxylic acids is 1. The van der Waals surface area contributed by atoms with E-state index < -0.39 is 12.0 Å². The number of hydrogen-bond donors (Lipinski definition) is 1. The Balaban J connectivity index is 1.83. The Bertz CT molecular complexity index is 696. The molecular weight excluding hydrogens is 296 g/mol. The van der Waals surface area contributed by atoms with E-state index in [1.54, 1.807) is 29.0 Å². The fraction of sp³-hybridized carbons (Fsp3) is 0.294. The number of hydrogen-bond acceptors (Lipinski definition) is 4. The molecule has 6 heteroatoms. The first-order chi connectivity index (χ1) is 11.1. The third-order valence-electron chi connectivity index (χ3n) is 4.14. The topological polar surface area (TPSA) is 70.1 Å². The summed E-state index contributed by atoms with van der Waals surface area (Å²) in [5.41, 5.74) is 1.31. The van der Waals surface area contributed by atoms with E-state index in [2.05, 4.69) is 0 Å². The molecule has 0 spiro atoms. The van der Waals surface area contributed by atoms with Crippen molar-refractivity contribution in [2.45, 2.75) is 6.04 Å². The second-order valence-corrected chi connectivity index (χ2v) is 5.64. The van der Waals surface area contributed by atoms with Gasteiger partial charge in [-0.3, -0.25) is 14.5 Å². The lowest BCUT2D eigenvalue weighted by atomic mass is 10.1. The van der Waals surface area contributed by atoms with Crippen LogP contribution in [0.3, 0.4) is 0 Å². The maximum atomic E-state index is 12.7. The van der Waals surface area contributed by atoms with Crippen molar-refractivity contribution in [2.75, 3.05) is 26.7 Å². The number of piperazine rings is 1. The minimum Gasteiger partial charge on any atom is -0.480 e. The van der Waals surface area contributed by atoms with Gasteiger partial charge in [0.15, 0.2) is 0 Å². The number of carboxylic acids is 1. The molecule has 2 heterocycles. The van der Waals surface area contributed by atoms with Crippen molar-refractivity contribution in [2.24, 2.45) is 0 Å². The van der Waals surface area contributed by atoms with Crippen LogP contribution < -0.4 is 4.74 Å². The van der Waals surface area contributed by atoms with Crippen molar-refractivity contribution in [1.82, 2.24) is 9.80 Å². The number of amides is 1. The predicted octanol–water partition coefficient (Wildman–Crippen LogP) is 1.20. The molecule has 23 heavy (non-hydrogen) atoms. The number of para-hydroxylation sites is 1. The van der Waals surface area contributed by atoms with E-state index in [-0.39, 0.29) is 12.5 Å². The van der Waals surface area contributed by atoms with E-state index in [0.717, 1.165) is 5.56 Å². The summed E-state index contributed by atoms with van der Waals surface area (Å²) in [7, 11) is 1.76. The number of ether oxygens (including phenoxy) is 1. The summed E-state index contributed by atoms with van der Waals surface area (Å²) in [6.07, 6.45) is 4.88. The zero-order valence-electron chi connectivity index (χ0n) is 12.8. The molecule has 1 aromatic carbocycles. The van der Waals surface area contributed by atoms with Gasteiger partial charge in [0.25, 0.3) is 5.91 Å². The van der Waals surface area contributed by atoms with E-state index >= 15 is 0 Å². The lowest BCUT2D eigenvalue weighted by molar-refractivity contribution is -0.146. The number of rotatable bonds is 2. The molecule has 1 unspecified atom stereocenters.